The molecule has 0 atom stereocenters. The van der Waals surface area contributed by atoms with Gasteiger partial charge in [0, 0.05) is 2.85 Å². The monoisotopic (exact) mass is 192 g/mol. The normalized spacial score (nSPS) is 10.4. The Morgan fingerprint density at radius 1 is 1.00 bits per heavy atom. The van der Waals surface area contributed by atoms with Gasteiger partial charge in [0.1, 0.15) is 0 Å². The Labute approximate surface area is 92.8 Å². The molecule has 2 radical (unpaired) electrons. The van der Waals surface area contributed by atoms with Crippen molar-refractivity contribution in [3.63, 3.8) is 0 Å². The molecule has 0 nitrogen and oxygen atoms in total. The Morgan fingerprint density at radius 3 is 1.77 bits per heavy atom. The van der Waals surface area contributed by atoms with Gasteiger partial charge in [-0.1, -0.05) is 44.0 Å². The Kier molecular flexibility index (Phi) is 4.03. The highest BCUT2D eigenvalue weighted by Crippen LogP contribution is 2.09. The van der Waals surface area contributed by atoms with Gasteiger partial charge in [0.25, 0.3) is 0 Å². The summed E-state index contributed by atoms with van der Waals surface area (Å²) in [4.78, 5) is 0. The van der Waals surface area contributed by atoms with Crippen LogP contribution in [-0.2, 0) is 19.3 Å². The summed E-state index contributed by atoms with van der Waals surface area (Å²) < 4.78 is 1.42. The van der Waals surface area contributed by atoms with Gasteiger partial charge >= 0.3 is 0 Å². The third-order valence-electron chi connectivity index (χ3n) is 2.58. The molecule has 0 fully saturated rings. The molecular formula is C12H21Al. The molecule has 0 aliphatic rings. The molecular weight excluding hydrogens is 171 g/mol. The zero-order chi connectivity index (χ0) is 9.84. The van der Waals surface area contributed by atoms with E-state index < -0.39 is 0 Å². The van der Waals surface area contributed by atoms with Crippen LogP contribution in [0, 0.1) is 0 Å². The largest absolute Gasteiger partial charge is 0.176 e. The first-order valence-corrected chi connectivity index (χ1v) is 5.70. The van der Waals surface area contributed by atoms with Crippen LogP contribution in [0.5, 0.6) is 0 Å². The number of benzene rings is 1. The fourth-order valence-electron chi connectivity index (χ4n) is 1.64. The third kappa shape index (κ3) is 2.36. The Hall–Kier alpha value is -0.248. The lowest BCUT2D eigenvalue weighted by atomic mass is 10.0. The Morgan fingerprint density at radius 2 is 1.46 bits per heavy atom. The summed E-state index contributed by atoms with van der Waals surface area (Å²) in [5.74, 6) is 0. The molecule has 0 bridgehead atoms. The number of aryl methyl sites for hydroxylation is 3. The predicted octanol–water partition coefficient (Wildman–Crippen LogP) is 2.66. The molecule has 72 valence electrons. The maximum Gasteiger partial charge on any atom is 0.176 e. The van der Waals surface area contributed by atoms with E-state index >= 15 is 0 Å². The number of hydrogen-bond acceptors (Lipinski definition) is 0. The van der Waals surface area contributed by atoms with Gasteiger partial charge in [-0.3, -0.25) is 0 Å². The molecule has 0 aromatic heterocycles. The quantitative estimate of drug-likeness (QED) is 0.646. The van der Waals surface area contributed by atoms with Crippen LogP contribution in [-0.4, -0.2) is 16.3 Å². The van der Waals surface area contributed by atoms with Crippen molar-refractivity contribution < 1.29 is 2.85 Å². The smallest absolute Gasteiger partial charge is 0.133 e. The van der Waals surface area contributed by atoms with Crippen LogP contribution in [0.25, 0.3) is 0 Å². The second-order valence-electron chi connectivity index (χ2n) is 3.39. The highest BCUT2D eigenvalue weighted by atomic mass is 27.0. The van der Waals surface area contributed by atoms with Crippen LogP contribution in [0.3, 0.4) is 0 Å². The highest BCUT2D eigenvalue weighted by Gasteiger charge is 2.02. The van der Waals surface area contributed by atoms with Gasteiger partial charge < -0.3 is 0 Å². The van der Waals surface area contributed by atoms with Gasteiger partial charge in [-0.2, -0.15) is 0 Å². The maximum absolute atomic E-state index is 2.88. The summed E-state index contributed by atoms with van der Waals surface area (Å²) in [5, 5.41) is 0. The first kappa shape index (κ1) is 10.8. The molecule has 1 aromatic carbocycles. The Bertz CT molecular complexity index is 273. The fourth-order valence-corrected chi connectivity index (χ4v) is 2.22. The molecule has 1 rings (SSSR count). The standard InChI is InChI=1S/C12H17.Al.2H2/c1-4-10-7-11(5-2)9-12(6-3)8-10;;;/h7-8H,4-6H2,1-3H3;;2*1H. The third-order valence-corrected chi connectivity index (χ3v) is 3.32. The van der Waals surface area contributed by atoms with Crippen LogP contribution in [0.1, 0.15) is 40.3 Å². The highest BCUT2D eigenvalue weighted by molar-refractivity contribution is 6.34. The minimum absolute atomic E-state index is 0. The number of rotatable bonds is 3. The summed E-state index contributed by atoms with van der Waals surface area (Å²) in [7, 11) is 0. The minimum Gasteiger partial charge on any atom is -0.133 e. The van der Waals surface area contributed by atoms with E-state index in [-0.39, 0.29) is 2.85 Å². The van der Waals surface area contributed by atoms with Crippen LogP contribution in [0.4, 0.5) is 0 Å². The van der Waals surface area contributed by atoms with Crippen molar-refractivity contribution in [2.75, 3.05) is 0 Å². The van der Waals surface area contributed by atoms with Crippen LogP contribution in [0.2, 0.25) is 0 Å². The fraction of sp³-hybridized carbons (Fsp3) is 0.500. The zero-order valence-electron chi connectivity index (χ0n) is 8.85. The average Bonchev–Trinajstić information content (AvgIpc) is 2.18. The van der Waals surface area contributed by atoms with Gasteiger partial charge in [-0.05, 0) is 24.8 Å². The molecule has 0 amide bonds. The molecule has 0 unspecified atom stereocenters. The van der Waals surface area contributed by atoms with E-state index in [2.05, 4.69) is 49.2 Å². The van der Waals surface area contributed by atoms with E-state index in [1.165, 1.54) is 21.1 Å². The lowest BCUT2D eigenvalue weighted by Crippen LogP contribution is -2.16. The van der Waals surface area contributed by atoms with Gasteiger partial charge in [0.2, 0.25) is 0 Å². The van der Waals surface area contributed by atoms with E-state index in [0.717, 1.165) is 19.3 Å². The lowest BCUT2D eigenvalue weighted by Gasteiger charge is -2.12. The van der Waals surface area contributed by atoms with Gasteiger partial charge in [0.05, 0.1) is 0 Å². The zero-order valence-corrected chi connectivity index (χ0v) is 10.0. The molecule has 13 heavy (non-hydrogen) atoms. The van der Waals surface area contributed by atoms with Crippen molar-refractivity contribution in [3.8, 4) is 0 Å². The molecule has 0 aliphatic heterocycles. The van der Waals surface area contributed by atoms with Crippen molar-refractivity contribution in [1.29, 1.82) is 0 Å². The average molecular weight is 192 g/mol. The molecule has 0 spiro atoms. The minimum atomic E-state index is 0. The molecule has 1 heteroatoms. The first-order valence-electron chi connectivity index (χ1n) is 5.13. The van der Waals surface area contributed by atoms with E-state index in [1.807, 2.05) is 0 Å². The predicted molar refractivity (Wildman–Crippen MR) is 64.2 cm³/mol. The topological polar surface area (TPSA) is 0 Å². The summed E-state index contributed by atoms with van der Waals surface area (Å²) in [6.07, 6.45) is 3.42. The molecule has 0 heterocycles. The van der Waals surface area contributed by atoms with Crippen molar-refractivity contribution in [2.45, 2.75) is 40.0 Å². The van der Waals surface area contributed by atoms with Crippen molar-refractivity contribution >= 4 is 20.7 Å². The van der Waals surface area contributed by atoms with E-state index in [1.54, 1.807) is 0 Å². The van der Waals surface area contributed by atoms with Crippen molar-refractivity contribution in [2.24, 2.45) is 0 Å². The second-order valence-corrected chi connectivity index (χ2v) is 3.97. The lowest BCUT2D eigenvalue weighted by molar-refractivity contribution is 1.06. The maximum atomic E-state index is 2.88. The van der Waals surface area contributed by atoms with Crippen LogP contribution >= 0.6 is 0 Å². The molecule has 1 aromatic rings. The summed E-state index contributed by atoms with van der Waals surface area (Å²) in [5.41, 5.74) is 4.45. The first-order chi connectivity index (χ1) is 6.22. The van der Waals surface area contributed by atoms with Crippen LogP contribution < -0.4 is 4.43 Å². The Balaban J connectivity index is 0. The second kappa shape index (κ2) is 4.84. The van der Waals surface area contributed by atoms with Gasteiger partial charge in [-0.25, -0.2) is 0 Å². The van der Waals surface area contributed by atoms with E-state index in [4.69, 9.17) is 0 Å². The molecule has 0 N–H and O–H groups in total. The van der Waals surface area contributed by atoms with Crippen molar-refractivity contribution in [3.05, 3.63) is 28.8 Å². The van der Waals surface area contributed by atoms with Crippen molar-refractivity contribution in [1.82, 2.24) is 0 Å². The summed E-state index contributed by atoms with van der Waals surface area (Å²) >= 11 is 2.88. The molecule has 0 saturated heterocycles. The number of hydrogen-bond donors (Lipinski definition) is 0. The van der Waals surface area contributed by atoms with Gasteiger partial charge in [0.15, 0.2) is 16.3 Å². The summed E-state index contributed by atoms with van der Waals surface area (Å²) in [6.45, 7) is 6.67. The SMILES string of the molecule is CCc1cc(CC)[c]([Al])c(CC)c1.[HH].[HH]. The van der Waals surface area contributed by atoms with Crippen LogP contribution in [0.15, 0.2) is 12.1 Å². The summed E-state index contributed by atoms with van der Waals surface area (Å²) in [6, 6.07) is 4.67. The molecule has 0 aliphatic carbocycles. The van der Waals surface area contributed by atoms with Gasteiger partial charge in [-0.15, -0.1) is 4.43 Å². The molecule has 0 saturated carbocycles. The van der Waals surface area contributed by atoms with E-state index in [9.17, 15) is 0 Å². The van der Waals surface area contributed by atoms with E-state index in [0.29, 0.717) is 0 Å².